The van der Waals surface area contributed by atoms with Gasteiger partial charge in [0, 0.05) is 17.1 Å². The van der Waals surface area contributed by atoms with E-state index in [9.17, 15) is 0 Å². The molecule has 21 heavy (non-hydrogen) atoms. The minimum absolute atomic E-state index is 0.725. The van der Waals surface area contributed by atoms with E-state index in [1.807, 2.05) is 18.2 Å². The highest BCUT2D eigenvalue weighted by atomic mass is 79.9. The average Bonchev–Trinajstić information content (AvgIpc) is 3.25. The van der Waals surface area contributed by atoms with Gasteiger partial charge in [-0.05, 0) is 56.0 Å². The number of halogens is 1. The summed E-state index contributed by atoms with van der Waals surface area (Å²) in [7, 11) is 0. The summed E-state index contributed by atoms with van der Waals surface area (Å²) in [6.45, 7) is 5.08. The maximum atomic E-state index is 5.99. The average molecular weight is 346 g/mol. The topological polar surface area (TPSA) is 21.3 Å². The van der Waals surface area contributed by atoms with Gasteiger partial charge in [0.25, 0.3) is 0 Å². The van der Waals surface area contributed by atoms with Crippen LogP contribution in [0.2, 0.25) is 0 Å². The lowest BCUT2D eigenvalue weighted by atomic mass is 10.1. The van der Waals surface area contributed by atoms with Gasteiger partial charge < -0.3 is 10.1 Å². The number of hydrogen-bond donors (Lipinski definition) is 1. The van der Waals surface area contributed by atoms with E-state index in [0.29, 0.717) is 0 Å². The van der Waals surface area contributed by atoms with E-state index in [0.717, 1.165) is 34.1 Å². The predicted molar refractivity (Wildman–Crippen MR) is 90.0 cm³/mol. The maximum absolute atomic E-state index is 5.99. The van der Waals surface area contributed by atoms with Gasteiger partial charge >= 0.3 is 0 Å². The SMILES string of the molecule is Cc1ccc(Oc2ccc(CNC3CC3)c(Br)c2)c(C)c1. The Hall–Kier alpha value is -1.32. The molecule has 0 atom stereocenters. The fourth-order valence-corrected chi connectivity index (χ4v) is 2.82. The molecule has 0 spiro atoms. The minimum Gasteiger partial charge on any atom is -0.457 e. The second-order valence-corrected chi connectivity index (χ2v) is 6.63. The van der Waals surface area contributed by atoms with Crippen molar-refractivity contribution < 1.29 is 4.74 Å². The highest BCUT2D eigenvalue weighted by Gasteiger charge is 2.20. The number of aryl methyl sites for hydroxylation is 2. The highest BCUT2D eigenvalue weighted by molar-refractivity contribution is 9.10. The van der Waals surface area contributed by atoms with Crippen molar-refractivity contribution in [3.05, 3.63) is 57.6 Å². The van der Waals surface area contributed by atoms with Crippen LogP contribution in [0.3, 0.4) is 0 Å². The van der Waals surface area contributed by atoms with Crippen LogP contribution in [0.4, 0.5) is 0 Å². The first-order valence-corrected chi connectivity index (χ1v) is 8.18. The van der Waals surface area contributed by atoms with E-state index in [1.54, 1.807) is 0 Å². The molecule has 0 bridgehead atoms. The molecule has 0 aliphatic heterocycles. The van der Waals surface area contributed by atoms with Gasteiger partial charge in [0.05, 0.1) is 0 Å². The van der Waals surface area contributed by atoms with Gasteiger partial charge in [-0.1, -0.05) is 39.7 Å². The van der Waals surface area contributed by atoms with Gasteiger partial charge in [-0.15, -0.1) is 0 Å². The van der Waals surface area contributed by atoms with Crippen molar-refractivity contribution in [2.24, 2.45) is 0 Å². The normalized spacial score (nSPS) is 14.2. The van der Waals surface area contributed by atoms with Gasteiger partial charge in [0.2, 0.25) is 0 Å². The molecule has 110 valence electrons. The summed E-state index contributed by atoms with van der Waals surface area (Å²) in [6, 6.07) is 13.2. The Kier molecular flexibility index (Phi) is 4.32. The summed E-state index contributed by atoms with van der Waals surface area (Å²) >= 11 is 3.64. The molecule has 1 aliphatic carbocycles. The molecule has 3 rings (SSSR count). The Bertz CT molecular complexity index is 650. The Labute approximate surface area is 134 Å². The van der Waals surface area contributed by atoms with E-state index in [2.05, 4.69) is 53.3 Å². The first kappa shape index (κ1) is 14.6. The molecule has 1 fully saturated rings. The number of ether oxygens (including phenoxy) is 1. The molecule has 0 heterocycles. The largest absolute Gasteiger partial charge is 0.457 e. The van der Waals surface area contributed by atoms with E-state index in [-0.39, 0.29) is 0 Å². The van der Waals surface area contributed by atoms with Crippen LogP contribution in [0, 0.1) is 13.8 Å². The third kappa shape index (κ3) is 3.86. The summed E-state index contributed by atoms with van der Waals surface area (Å²) in [6.07, 6.45) is 2.62. The molecule has 0 aromatic heterocycles. The zero-order valence-corrected chi connectivity index (χ0v) is 14.0. The summed E-state index contributed by atoms with van der Waals surface area (Å²) in [5, 5.41) is 3.53. The van der Waals surface area contributed by atoms with Crippen LogP contribution >= 0.6 is 15.9 Å². The van der Waals surface area contributed by atoms with Crippen molar-refractivity contribution in [2.45, 2.75) is 39.3 Å². The molecule has 1 N–H and O–H groups in total. The van der Waals surface area contributed by atoms with Gasteiger partial charge in [-0.2, -0.15) is 0 Å². The molecule has 3 heteroatoms. The van der Waals surface area contributed by atoms with Crippen molar-refractivity contribution in [1.29, 1.82) is 0 Å². The van der Waals surface area contributed by atoms with Crippen molar-refractivity contribution in [2.75, 3.05) is 0 Å². The van der Waals surface area contributed by atoms with E-state index < -0.39 is 0 Å². The molecule has 1 saturated carbocycles. The monoisotopic (exact) mass is 345 g/mol. The van der Waals surface area contributed by atoms with Crippen molar-refractivity contribution in [3.63, 3.8) is 0 Å². The van der Waals surface area contributed by atoms with Crippen LogP contribution in [-0.2, 0) is 6.54 Å². The standard InChI is InChI=1S/C18H20BrNO/c1-12-3-8-18(13(2)9-12)21-16-7-4-14(17(19)10-16)11-20-15-5-6-15/h3-4,7-10,15,20H,5-6,11H2,1-2H3. The minimum atomic E-state index is 0.725. The lowest BCUT2D eigenvalue weighted by Crippen LogP contribution is -2.15. The summed E-state index contributed by atoms with van der Waals surface area (Å²) in [5.41, 5.74) is 3.68. The molecule has 0 amide bonds. The smallest absolute Gasteiger partial charge is 0.130 e. The Morgan fingerprint density at radius 2 is 1.95 bits per heavy atom. The van der Waals surface area contributed by atoms with E-state index in [1.165, 1.54) is 24.0 Å². The zero-order valence-electron chi connectivity index (χ0n) is 12.4. The molecular weight excluding hydrogens is 326 g/mol. The number of hydrogen-bond acceptors (Lipinski definition) is 2. The van der Waals surface area contributed by atoms with E-state index in [4.69, 9.17) is 4.74 Å². The van der Waals surface area contributed by atoms with Crippen molar-refractivity contribution in [1.82, 2.24) is 5.32 Å². The van der Waals surface area contributed by atoms with Gasteiger partial charge in [0.1, 0.15) is 11.5 Å². The molecule has 2 aromatic carbocycles. The molecule has 2 nitrogen and oxygen atoms in total. The molecule has 0 unspecified atom stereocenters. The summed E-state index contributed by atoms with van der Waals surface area (Å²) < 4.78 is 7.08. The second kappa shape index (κ2) is 6.20. The predicted octanol–water partition coefficient (Wildman–Crippen LogP) is 5.11. The highest BCUT2D eigenvalue weighted by Crippen LogP contribution is 2.30. The molecule has 1 aliphatic rings. The van der Waals surface area contributed by atoms with Crippen molar-refractivity contribution >= 4 is 15.9 Å². The summed E-state index contributed by atoms with van der Waals surface area (Å²) in [4.78, 5) is 0. The summed E-state index contributed by atoms with van der Waals surface area (Å²) in [5.74, 6) is 1.78. The van der Waals surface area contributed by atoms with Crippen molar-refractivity contribution in [3.8, 4) is 11.5 Å². The zero-order chi connectivity index (χ0) is 14.8. The Morgan fingerprint density at radius 3 is 2.62 bits per heavy atom. The van der Waals surface area contributed by atoms with Gasteiger partial charge in [0.15, 0.2) is 0 Å². The first-order valence-electron chi connectivity index (χ1n) is 7.39. The van der Waals surface area contributed by atoms with Gasteiger partial charge in [-0.3, -0.25) is 0 Å². The molecule has 0 saturated heterocycles. The lowest BCUT2D eigenvalue weighted by Gasteiger charge is -2.12. The molecular formula is C18H20BrNO. The van der Waals surface area contributed by atoms with Gasteiger partial charge in [-0.25, -0.2) is 0 Å². The maximum Gasteiger partial charge on any atom is 0.130 e. The van der Waals surface area contributed by atoms with Crippen LogP contribution in [0.5, 0.6) is 11.5 Å². The second-order valence-electron chi connectivity index (χ2n) is 5.78. The van der Waals surface area contributed by atoms with Crippen LogP contribution in [0.25, 0.3) is 0 Å². The van der Waals surface area contributed by atoms with E-state index >= 15 is 0 Å². The Balaban J connectivity index is 1.71. The van der Waals surface area contributed by atoms with Crippen LogP contribution in [0.1, 0.15) is 29.5 Å². The number of rotatable bonds is 5. The fraction of sp³-hybridized carbons (Fsp3) is 0.333. The third-order valence-corrected chi connectivity index (χ3v) is 4.48. The van der Waals surface area contributed by atoms with Crippen LogP contribution in [-0.4, -0.2) is 6.04 Å². The quantitative estimate of drug-likeness (QED) is 0.812. The fourth-order valence-electron chi connectivity index (χ4n) is 2.32. The lowest BCUT2D eigenvalue weighted by molar-refractivity contribution is 0.478. The number of nitrogens with one attached hydrogen (secondary N) is 1. The number of benzene rings is 2. The molecule has 0 radical (unpaired) electrons. The van der Waals surface area contributed by atoms with Crippen LogP contribution in [0.15, 0.2) is 40.9 Å². The molecule has 2 aromatic rings. The first-order chi connectivity index (χ1) is 10.1. The third-order valence-electron chi connectivity index (χ3n) is 3.74. The Morgan fingerprint density at radius 1 is 1.14 bits per heavy atom. The van der Waals surface area contributed by atoms with Crippen LogP contribution < -0.4 is 10.1 Å².